The zero-order valence-corrected chi connectivity index (χ0v) is 10.8. The summed E-state index contributed by atoms with van der Waals surface area (Å²) >= 11 is 0. The van der Waals surface area contributed by atoms with E-state index in [0.717, 1.165) is 4.57 Å². The van der Waals surface area contributed by atoms with Gasteiger partial charge in [0.05, 0.1) is 11.8 Å². The molecule has 0 bridgehead atoms. The monoisotopic (exact) mass is 276 g/mol. The largest absolute Gasteiger partial charge is 0.467 e. The first-order chi connectivity index (χ1) is 9.50. The first-order valence-corrected chi connectivity index (χ1v) is 5.91. The zero-order valence-electron chi connectivity index (χ0n) is 10.8. The molecule has 8 nitrogen and oxygen atoms in total. The van der Waals surface area contributed by atoms with E-state index in [9.17, 15) is 14.4 Å². The normalized spacial score (nSPS) is 17.3. The second-order valence-corrected chi connectivity index (χ2v) is 4.51. The molecule has 0 saturated carbocycles. The zero-order chi connectivity index (χ0) is 14.4. The van der Waals surface area contributed by atoms with Gasteiger partial charge in [0.25, 0.3) is 5.56 Å². The number of anilines is 1. The Labute approximate surface area is 112 Å². The van der Waals surface area contributed by atoms with Crippen LogP contribution < -0.4 is 21.9 Å². The van der Waals surface area contributed by atoms with Crippen molar-refractivity contribution in [3.8, 4) is 0 Å². The van der Waals surface area contributed by atoms with Crippen LogP contribution in [0.25, 0.3) is 0 Å². The minimum Gasteiger partial charge on any atom is -0.467 e. The topological polar surface area (TPSA) is 98.3 Å². The lowest BCUT2D eigenvalue weighted by molar-refractivity contribution is 0.246. The second-order valence-electron chi connectivity index (χ2n) is 4.51. The smallest absolute Gasteiger partial charge is 0.332 e. The Morgan fingerprint density at radius 1 is 1.20 bits per heavy atom. The highest BCUT2D eigenvalue weighted by atomic mass is 16.3. The number of rotatable bonds is 1. The van der Waals surface area contributed by atoms with Crippen LogP contribution in [0.2, 0.25) is 0 Å². The quantitative estimate of drug-likeness (QED) is 0.760. The van der Waals surface area contributed by atoms with Gasteiger partial charge in [-0.25, -0.2) is 9.59 Å². The Balaban J connectivity index is 2.35. The molecule has 8 heteroatoms. The van der Waals surface area contributed by atoms with E-state index in [0.29, 0.717) is 5.76 Å². The number of fused-ring (bicyclic) bond motifs is 1. The number of amides is 2. The van der Waals surface area contributed by atoms with Gasteiger partial charge in [-0.1, -0.05) is 0 Å². The van der Waals surface area contributed by atoms with Crippen molar-refractivity contribution in [1.29, 1.82) is 0 Å². The summed E-state index contributed by atoms with van der Waals surface area (Å²) in [5, 5.41) is 5.10. The molecule has 0 unspecified atom stereocenters. The first kappa shape index (κ1) is 12.3. The summed E-state index contributed by atoms with van der Waals surface area (Å²) in [6.45, 7) is 0. The molecule has 1 aliphatic heterocycles. The number of carbonyl (C=O) groups is 1. The van der Waals surface area contributed by atoms with Crippen LogP contribution in [0.15, 0.2) is 32.4 Å². The van der Waals surface area contributed by atoms with Crippen LogP contribution in [-0.4, -0.2) is 15.2 Å². The van der Waals surface area contributed by atoms with E-state index in [-0.39, 0.29) is 11.4 Å². The molecule has 2 aromatic rings. The van der Waals surface area contributed by atoms with E-state index < -0.39 is 23.3 Å². The lowest BCUT2D eigenvalue weighted by Crippen LogP contribution is -2.48. The fourth-order valence-electron chi connectivity index (χ4n) is 2.30. The Bertz CT molecular complexity index is 800. The molecule has 2 aromatic heterocycles. The molecule has 20 heavy (non-hydrogen) atoms. The summed E-state index contributed by atoms with van der Waals surface area (Å²) in [5.41, 5.74) is -0.713. The third-order valence-electron chi connectivity index (χ3n) is 3.32. The van der Waals surface area contributed by atoms with Gasteiger partial charge < -0.3 is 9.73 Å². The van der Waals surface area contributed by atoms with Crippen LogP contribution in [0.1, 0.15) is 17.4 Å². The number of aromatic nitrogens is 2. The van der Waals surface area contributed by atoms with Gasteiger partial charge in [0.1, 0.15) is 17.6 Å². The van der Waals surface area contributed by atoms with E-state index in [1.165, 1.54) is 24.9 Å². The molecule has 0 aromatic carbocycles. The van der Waals surface area contributed by atoms with E-state index >= 15 is 0 Å². The number of urea groups is 1. The van der Waals surface area contributed by atoms with Crippen LogP contribution in [-0.2, 0) is 14.1 Å². The van der Waals surface area contributed by atoms with Gasteiger partial charge in [-0.05, 0) is 12.1 Å². The van der Waals surface area contributed by atoms with Crippen molar-refractivity contribution < 1.29 is 9.21 Å². The van der Waals surface area contributed by atoms with Crippen LogP contribution >= 0.6 is 0 Å². The number of furan rings is 1. The summed E-state index contributed by atoms with van der Waals surface area (Å²) in [5.74, 6) is 0.611. The van der Waals surface area contributed by atoms with Crippen molar-refractivity contribution in [2.75, 3.05) is 5.32 Å². The summed E-state index contributed by atoms with van der Waals surface area (Å²) < 4.78 is 7.49. The highest BCUT2D eigenvalue weighted by Gasteiger charge is 2.33. The van der Waals surface area contributed by atoms with Gasteiger partial charge in [-0.2, -0.15) is 0 Å². The lowest BCUT2D eigenvalue weighted by Gasteiger charge is -2.26. The van der Waals surface area contributed by atoms with Gasteiger partial charge in [0.15, 0.2) is 0 Å². The van der Waals surface area contributed by atoms with Crippen molar-refractivity contribution >= 4 is 11.8 Å². The average Bonchev–Trinajstić information content (AvgIpc) is 2.95. The predicted molar refractivity (Wildman–Crippen MR) is 69.6 cm³/mol. The van der Waals surface area contributed by atoms with Crippen LogP contribution in [0, 0.1) is 0 Å². The molecule has 3 rings (SSSR count). The van der Waals surface area contributed by atoms with Crippen molar-refractivity contribution in [3.63, 3.8) is 0 Å². The van der Waals surface area contributed by atoms with E-state index in [1.807, 2.05) is 0 Å². The molecule has 0 aliphatic carbocycles. The third kappa shape index (κ3) is 1.58. The highest BCUT2D eigenvalue weighted by Crippen LogP contribution is 2.27. The number of hydrogen-bond acceptors (Lipinski definition) is 4. The maximum Gasteiger partial charge on any atom is 0.332 e. The molecule has 104 valence electrons. The lowest BCUT2D eigenvalue weighted by atomic mass is 10.0. The minimum atomic E-state index is -0.723. The molecule has 0 saturated heterocycles. The molecule has 0 spiro atoms. The van der Waals surface area contributed by atoms with Crippen LogP contribution in [0.5, 0.6) is 0 Å². The first-order valence-electron chi connectivity index (χ1n) is 5.91. The summed E-state index contributed by atoms with van der Waals surface area (Å²) in [7, 11) is 2.88. The summed E-state index contributed by atoms with van der Waals surface area (Å²) in [6, 6.07) is 2.10. The number of carbonyl (C=O) groups excluding carboxylic acids is 1. The Hall–Kier alpha value is -2.77. The second kappa shape index (κ2) is 4.12. The van der Waals surface area contributed by atoms with Gasteiger partial charge >= 0.3 is 11.7 Å². The Morgan fingerprint density at radius 3 is 2.60 bits per heavy atom. The van der Waals surface area contributed by atoms with E-state index in [1.54, 1.807) is 12.1 Å². The van der Waals surface area contributed by atoms with Gasteiger partial charge in [0.2, 0.25) is 0 Å². The third-order valence-corrected chi connectivity index (χ3v) is 3.32. The van der Waals surface area contributed by atoms with Gasteiger partial charge in [-0.3, -0.25) is 19.2 Å². The molecule has 1 atom stereocenters. The SMILES string of the molecule is Cn1c2c(c(=O)n(C)c1=O)[C@H](c1ccco1)NC(=O)N2. The standard InChI is InChI=1S/C12H12N4O4/c1-15-9-7(10(17)16(2)12(15)19)8(13-11(18)14-9)6-4-3-5-20-6/h3-5,8H,1-2H3,(H2,13,14,18)/t8-/m0/s1. The predicted octanol–water partition coefficient (Wildman–Crippen LogP) is -0.0985. The fourth-order valence-corrected chi connectivity index (χ4v) is 2.30. The molecule has 0 radical (unpaired) electrons. The molecular weight excluding hydrogens is 264 g/mol. The summed E-state index contributed by atoms with van der Waals surface area (Å²) in [4.78, 5) is 35.9. The summed E-state index contributed by atoms with van der Waals surface area (Å²) in [6.07, 6.45) is 1.45. The van der Waals surface area contributed by atoms with E-state index in [4.69, 9.17) is 4.42 Å². The molecular formula is C12H12N4O4. The Morgan fingerprint density at radius 2 is 1.95 bits per heavy atom. The number of nitrogens with zero attached hydrogens (tertiary/aromatic N) is 2. The maximum atomic E-state index is 12.3. The molecule has 2 N–H and O–H groups in total. The van der Waals surface area contributed by atoms with Crippen molar-refractivity contribution in [3.05, 3.63) is 50.6 Å². The average molecular weight is 276 g/mol. The van der Waals surface area contributed by atoms with Crippen LogP contribution in [0.3, 0.4) is 0 Å². The van der Waals surface area contributed by atoms with Crippen molar-refractivity contribution in [2.45, 2.75) is 6.04 Å². The molecule has 2 amide bonds. The highest BCUT2D eigenvalue weighted by molar-refractivity contribution is 5.92. The minimum absolute atomic E-state index is 0.184. The van der Waals surface area contributed by atoms with Gasteiger partial charge in [-0.15, -0.1) is 0 Å². The fraction of sp³-hybridized carbons (Fsp3) is 0.250. The molecule has 3 heterocycles. The number of nitrogens with one attached hydrogen (secondary N) is 2. The van der Waals surface area contributed by atoms with Crippen molar-refractivity contribution in [1.82, 2.24) is 14.5 Å². The van der Waals surface area contributed by atoms with Crippen LogP contribution in [0.4, 0.5) is 10.6 Å². The van der Waals surface area contributed by atoms with Gasteiger partial charge in [0, 0.05) is 14.1 Å². The van der Waals surface area contributed by atoms with E-state index in [2.05, 4.69) is 10.6 Å². The molecule has 1 aliphatic rings. The van der Waals surface area contributed by atoms with Crippen molar-refractivity contribution in [2.24, 2.45) is 14.1 Å². The Kier molecular flexibility index (Phi) is 2.53. The molecule has 0 fully saturated rings. The maximum absolute atomic E-state index is 12.3. The number of hydrogen-bond donors (Lipinski definition) is 2.